The maximum atomic E-state index is 12.5. The zero-order chi connectivity index (χ0) is 22.4. The fraction of sp³-hybridized carbons (Fsp3) is 0.538. The third kappa shape index (κ3) is 5.34. The fourth-order valence-corrected chi connectivity index (χ4v) is 4.82. The zero-order valence-corrected chi connectivity index (χ0v) is 19.4. The molecule has 1 fully saturated rings. The number of hydrogen-bond donors (Lipinski definition) is 1. The lowest BCUT2D eigenvalue weighted by molar-refractivity contribution is -0.529. The van der Waals surface area contributed by atoms with E-state index in [1.807, 2.05) is 0 Å². The smallest absolute Gasteiger partial charge is 0.249 e. The summed E-state index contributed by atoms with van der Waals surface area (Å²) in [7, 11) is 0. The van der Waals surface area contributed by atoms with Crippen molar-refractivity contribution in [3.8, 4) is 0 Å². The number of unbranched alkanes of at least 4 members (excludes halogenated alkanes) is 2. The summed E-state index contributed by atoms with van der Waals surface area (Å²) in [6.07, 6.45) is 4.18. The average Bonchev–Trinajstić information content (AvgIpc) is 3.08. The highest BCUT2D eigenvalue weighted by atomic mass is 16.6. The van der Waals surface area contributed by atoms with E-state index in [0.29, 0.717) is 0 Å². The number of nitro groups is 1. The van der Waals surface area contributed by atoms with Gasteiger partial charge in [-0.3, -0.25) is 15.0 Å². The van der Waals surface area contributed by atoms with E-state index in [0.717, 1.165) is 49.9 Å². The van der Waals surface area contributed by atoms with Crippen molar-refractivity contribution in [3.05, 3.63) is 80.9 Å². The average molecular weight is 424 g/mol. The molecule has 0 unspecified atom stereocenters. The quantitative estimate of drug-likeness (QED) is 0.307. The molecular weight excluding hydrogens is 386 g/mol. The Morgan fingerprint density at radius 2 is 1.39 bits per heavy atom. The second kappa shape index (κ2) is 10.9. The van der Waals surface area contributed by atoms with Crippen LogP contribution in [0.4, 0.5) is 0 Å². The Bertz CT molecular complexity index is 835. The van der Waals surface area contributed by atoms with Gasteiger partial charge in [0, 0.05) is 4.92 Å². The highest BCUT2D eigenvalue weighted by Crippen LogP contribution is 2.45. The predicted octanol–water partition coefficient (Wildman–Crippen LogP) is 5.61. The molecule has 0 aliphatic carbocycles. The fourth-order valence-electron chi connectivity index (χ4n) is 4.82. The Kier molecular flexibility index (Phi) is 8.22. The van der Waals surface area contributed by atoms with Crippen LogP contribution in [0.25, 0.3) is 0 Å². The molecule has 1 heterocycles. The van der Waals surface area contributed by atoms with E-state index in [-0.39, 0.29) is 23.0 Å². The van der Waals surface area contributed by atoms with Crippen LogP contribution in [0.5, 0.6) is 0 Å². The van der Waals surface area contributed by atoms with Gasteiger partial charge < -0.3 is 5.32 Å². The summed E-state index contributed by atoms with van der Waals surface area (Å²) in [4.78, 5) is 14.8. The van der Waals surface area contributed by atoms with Crippen LogP contribution in [0.1, 0.15) is 73.9 Å². The summed E-state index contributed by atoms with van der Waals surface area (Å²) in [6.45, 7) is 10.1. The molecule has 2 aromatic rings. The summed E-state index contributed by atoms with van der Waals surface area (Å²) in [5.74, 6) is 0. The molecule has 0 spiro atoms. The van der Waals surface area contributed by atoms with E-state index in [2.05, 4.69) is 86.4 Å². The maximum Gasteiger partial charge on any atom is 0.249 e. The Hall–Kier alpha value is -2.24. The van der Waals surface area contributed by atoms with Crippen LogP contribution in [0, 0.1) is 24.0 Å². The van der Waals surface area contributed by atoms with E-state index in [4.69, 9.17) is 0 Å². The summed E-state index contributed by atoms with van der Waals surface area (Å²) in [6, 6.07) is 15.7. The predicted molar refractivity (Wildman–Crippen MR) is 127 cm³/mol. The molecule has 168 valence electrons. The van der Waals surface area contributed by atoms with E-state index < -0.39 is 6.04 Å². The Labute approximate surface area is 187 Å². The molecule has 31 heavy (non-hydrogen) atoms. The lowest BCUT2D eigenvalue weighted by Gasteiger charge is -2.31. The first-order valence-electron chi connectivity index (χ1n) is 11.7. The number of nitrogens with zero attached hydrogens (tertiary/aromatic N) is 2. The first-order chi connectivity index (χ1) is 15.0. The Morgan fingerprint density at radius 1 is 0.871 bits per heavy atom. The van der Waals surface area contributed by atoms with Crippen molar-refractivity contribution in [2.45, 2.75) is 77.5 Å². The van der Waals surface area contributed by atoms with Crippen LogP contribution in [0.15, 0.2) is 48.5 Å². The van der Waals surface area contributed by atoms with Gasteiger partial charge in [0.25, 0.3) is 0 Å². The molecule has 0 amide bonds. The first kappa shape index (κ1) is 23.4. The minimum atomic E-state index is -0.692. The number of aryl methyl sites for hydroxylation is 2. The second-order valence-electron chi connectivity index (χ2n) is 8.91. The van der Waals surface area contributed by atoms with E-state index in [9.17, 15) is 10.1 Å². The highest BCUT2D eigenvalue weighted by molar-refractivity contribution is 5.32. The summed E-state index contributed by atoms with van der Waals surface area (Å²) >= 11 is 0. The van der Waals surface area contributed by atoms with Crippen molar-refractivity contribution in [3.63, 3.8) is 0 Å². The van der Waals surface area contributed by atoms with Crippen LogP contribution in [0.3, 0.4) is 0 Å². The van der Waals surface area contributed by atoms with Crippen molar-refractivity contribution in [1.29, 1.82) is 0 Å². The van der Waals surface area contributed by atoms with Crippen LogP contribution in [-0.2, 0) is 0 Å². The molecule has 3 rings (SSSR count). The van der Waals surface area contributed by atoms with Gasteiger partial charge in [-0.15, -0.1) is 0 Å². The van der Waals surface area contributed by atoms with Crippen molar-refractivity contribution in [2.75, 3.05) is 13.1 Å². The van der Waals surface area contributed by atoms with Gasteiger partial charge in [-0.2, -0.15) is 0 Å². The largest absolute Gasteiger partial charge is 0.306 e. The van der Waals surface area contributed by atoms with Gasteiger partial charge in [0.2, 0.25) is 6.04 Å². The minimum absolute atomic E-state index is 0.0225. The van der Waals surface area contributed by atoms with Crippen molar-refractivity contribution in [2.24, 2.45) is 0 Å². The Morgan fingerprint density at radius 3 is 1.87 bits per heavy atom. The molecule has 1 aliphatic heterocycles. The van der Waals surface area contributed by atoms with Crippen molar-refractivity contribution < 1.29 is 4.92 Å². The van der Waals surface area contributed by atoms with Crippen molar-refractivity contribution >= 4 is 0 Å². The summed E-state index contributed by atoms with van der Waals surface area (Å²) in [5, 5.41) is 16.1. The molecular formula is C26H37N3O2. The molecule has 2 aromatic carbocycles. The second-order valence-corrected chi connectivity index (χ2v) is 8.91. The molecule has 1 aliphatic rings. The third-order valence-electron chi connectivity index (χ3n) is 6.51. The maximum absolute atomic E-state index is 12.5. The first-order valence-corrected chi connectivity index (χ1v) is 11.7. The summed E-state index contributed by atoms with van der Waals surface area (Å²) in [5.41, 5.74) is 4.59. The molecule has 1 saturated heterocycles. The SMILES string of the molecule is CCCCN[C@H]1[C@H]([N+](=O)[O-])[C@@H](c2ccc(C)cc2)N(CCCC)[C@@H]1c1ccc(C)cc1. The topological polar surface area (TPSA) is 58.4 Å². The van der Waals surface area contributed by atoms with Crippen LogP contribution < -0.4 is 5.32 Å². The lowest BCUT2D eigenvalue weighted by atomic mass is 9.93. The Balaban J connectivity index is 2.10. The number of nitrogens with one attached hydrogen (secondary N) is 1. The molecule has 0 radical (unpaired) electrons. The minimum Gasteiger partial charge on any atom is -0.306 e. The molecule has 0 bridgehead atoms. The lowest BCUT2D eigenvalue weighted by Crippen LogP contribution is -2.45. The van der Waals surface area contributed by atoms with Crippen LogP contribution >= 0.6 is 0 Å². The van der Waals surface area contributed by atoms with E-state index in [1.54, 1.807) is 0 Å². The normalized spacial score (nSPS) is 23.9. The van der Waals surface area contributed by atoms with Gasteiger partial charge in [0.15, 0.2) is 0 Å². The monoisotopic (exact) mass is 423 g/mol. The molecule has 0 saturated carbocycles. The molecule has 5 heteroatoms. The van der Waals surface area contributed by atoms with E-state index >= 15 is 0 Å². The molecule has 1 N–H and O–H groups in total. The molecule has 4 atom stereocenters. The summed E-state index contributed by atoms with van der Waals surface area (Å²) < 4.78 is 0. The van der Waals surface area contributed by atoms with E-state index in [1.165, 1.54) is 11.1 Å². The molecule has 5 nitrogen and oxygen atoms in total. The van der Waals surface area contributed by atoms with Gasteiger partial charge in [-0.05, 0) is 50.9 Å². The highest BCUT2D eigenvalue weighted by Gasteiger charge is 2.56. The molecule has 0 aromatic heterocycles. The third-order valence-corrected chi connectivity index (χ3v) is 6.51. The van der Waals surface area contributed by atoms with Crippen LogP contribution in [-0.4, -0.2) is 35.0 Å². The van der Waals surface area contributed by atoms with Gasteiger partial charge in [0.05, 0.1) is 12.1 Å². The van der Waals surface area contributed by atoms with Gasteiger partial charge in [-0.25, -0.2) is 0 Å². The van der Waals surface area contributed by atoms with Crippen LogP contribution in [0.2, 0.25) is 0 Å². The number of hydrogen-bond acceptors (Lipinski definition) is 4. The van der Waals surface area contributed by atoms with Gasteiger partial charge in [-0.1, -0.05) is 86.3 Å². The standard InChI is InChI=1S/C26H37N3O2/c1-5-7-17-27-23-24(21-13-9-19(3)10-14-21)28(18-8-6-2)25(26(23)29(30)31)22-15-11-20(4)12-16-22/h9-16,23-27H,5-8,17-18H2,1-4H3/t23-,24-,25-,26+/m1/s1. The number of benzene rings is 2. The van der Waals surface area contributed by atoms with Gasteiger partial charge >= 0.3 is 0 Å². The van der Waals surface area contributed by atoms with Gasteiger partial charge in [0.1, 0.15) is 6.04 Å². The zero-order valence-electron chi connectivity index (χ0n) is 19.4. The number of likely N-dealkylation sites (tertiary alicyclic amines) is 1. The van der Waals surface area contributed by atoms with Crippen molar-refractivity contribution in [1.82, 2.24) is 10.2 Å². The number of rotatable bonds is 10.